The summed E-state index contributed by atoms with van der Waals surface area (Å²) in [5.74, 6) is 0. The molecule has 11 heteroatoms. The molecule has 0 aromatic heterocycles. The minimum Gasteiger partial charge on any atom is -0.325 e. The molecule has 1 radical (unpaired) electrons. The molecule has 0 heterocycles. The fraction of sp³-hybridized carbons (Fsp3) is 1.00. The third-order valence-electron chi connectivity index (χ3n) is 0. The first kappa shape index (κ1) is 31.1. The van der Waals surface area contributed by atoms with E-state index < -0.39 is 13.4 Å². The average molecular weight is 380 g/mol. The summed E-state index contributed by atoms with van der Waals surface area (Å²) in [6.07, 6.45) is 2.50. The maximum absolute atomic E-state index is 7.56. The SMILES string of the molecule is CCC.CCC.OP(O)(O)=S.OP(O)(O)=S.[Cu]. The third-order valence-corrected chi connectivity index (χ3v) is 0. The summed E-state index contributed by atoms with van der Waals surface area (Å²) < 4.78 is 0. The summed E-state index contributed by atoms with van der Waals surface area (Å²) in [6.45, 7) is 0.889. The van der Waals surface area contributed by atoms with Crippen molar-refractivity contribution in [3.63, 3.8) is 0 Å². The molecule has 17 heavy (non-hydrogen) atoms. The molecular formula is C6H22CuO6P2S2. The first-order valence-electron chi connectivity index (χ1n) is 4.39. The molecule has 0 amide bonds. The summed E-state index contributed by atoms with van der Waals surface area (Å²) in [4.78, 5) is 45.3. The molecule has 0 unspecified atom stereocenters. The predicted molar refractivity (Wildman–Crippen MR) is 73.8 cm³/mol. The van der Waals surface area contributed by atoms with Crippen molar-refractivity contribution in [3.8, 4) is 0 Å². The van der Waals surface area contributed by atoms with Crippen molar-refractivity contribution in [2.75, 3.05) is 0 Å². The largest absolute Gasteiger partial charge is 0.325 e. The molecule has 0 saturated heterocycles. The Morgan fingerprint density at radius 1 is 0.647 bits per heavy atom. The molecule has 0 aromatic carbocycles. The van der Waals surface area contributed by atoms with E-state index in [1.165, 1.54) is 12.8 Å². The van der Waals surface area contributed by atoms with E-state index in [1.54, 1.807) is 0 Å². The van der Waals surface area contributed by atoms with Gasteiger partial charge in [0.15, 0.2) is 0 Å². The number of rotatable bonds is 0. The van der Waals surface area contributed by atoms with Crippen molar-refractivity contribution < 1.29 is 46.4 Å². The van der Waals surface area contributed by atoms with Crippen LogP contribution >= 0.6 is 13.4 Å². The van der Waals surface area contributed by atoms with Gasteiger partial charge in [0, 0.05) is 17.1 Å². The second kappa shape index (κ2) is 19.9. The molecule has 0 spiro atoms. The fourth-order valence-electron chi connectivity index (χ4n) is 0. The van der Waals surface area contributed by atoms with Gasteiger partial charge in [-0.1, -0.05) is 40.5 Å². The molecule has 0 atom stereocenters. The van der Waals surface area contributed by atoms with Crippen LogP contribution in [0, 0.1) is 0 Å². The molecule has 0 aliphatic rings. The minimum atomic E-state index is -3.81. The van der Waals surface area contributed by atoms with Gasteiger partial charge in [0.05, 0.1) is 0 Å². The van der Waals surface area contributed by atoms with E-state index in [4.69, 9.17) is 29.4 Å². The van der Waals surface area contributed by atoms with Gasteiger partial charge in [0.1, 0.15) is 0 Å². The van der Waals surface area contributed by atoms with Crippen molar-refractivity contribution in [3.05, 3.63) is 0 Å². The van der Waals surface area contributed by atoms with Gasteiger partial charge >= 0.3 is 13.4 Å². The smallest absolute Gasteiger partial charge is 0.319 e. The normalized spacial score (nSPS) is 9.06. The van der Waals surface area contributed by atoms with E-state index in [0.29, 0.717) is 0 Å². The Bertz CT molecular complexity index is 168. The summed E-state index contributed by atoms with van der Waals surface area (Å²) in [5, 5.41) is 0. The van der Waals surface area contributed by atoms with Gasteiger partial charge in [-0.05, 0) is 23.6 Å². The topological polar surface area (TPSA) is 121 Å². The Morgan fingerprint density at radius 2 is 0.647 bits per heavy atom. The van der Waals surface area contributed by atoms with Crippen LogP contribution in [0.3, 0.4) is 0 Å². The zero-order valence-electron chi connectivity index (χ0n) is 10.1. The molecule has 0 rings (SSSR count). The second-order valence-electron chi connectivity index (χ2n) is 2.44. The average Bonchev–Trinajstić information content (AvgIpc) is 1.79. The minimum absolute atomic E-state index is 0. The number of hydrogen-bond acceptors (Lipinski definition) is 2. The predicted octanol–water partition coefficient (Wildman–Crippen LogP) is 1.21. The molecule has 0 fully saturated rings. The van der Waals surface area contributed by atoms with Crippen molar-refractivity contribution in [1.82, 2.24) is 0 Å². The van der Waals surface area contributed by atoms with Crippen molar-refractivity contribution in [1.29, 1.82) is 0 Å². The molecule has 6 N–H and O–H groups in total. The Labute approximate surface area is 124 Å². The van der Waals surface area contributed by atoms with Gasteiger partial charge in [0.25, 0.3) is 0 Å². The zero-order valence-corrected chi connectivity index (χ0v) is 14.5. The third kappa shape index (κ3) is 1710. The van der Waals surface area contributed by atoms with Crippen LogP contribution in [0.1, 0.15) is 40.5 Å². The molecule has 0 aliphatic heterocycles. The van der Waals surface area contributed by atoms with Crippen LogP contribution in [0.15, 0.2) is 0 Å². The van der Waals surface area contributed by atoms with E-state index in [1.807, 2.05) is 0 Å². The van der Waals surface area contributed by atoms with Crippen molar-refractivity contribution >= 4 is 37.1 Å². The molecular weight excluding hydrogens is 358 g/mol. The van der Waals surface area contributed by atoms with Crippen molar-refractivity contribution in [2.24, 2.45) is 0 Å². The van der Waals surface area contributed by atoms with E-state index in [2.05, 4.69) is 51.3 Å². The maximum Gasteiger partial charge on any atom is 0.319 e. The van der Waals surface area contributed by atoms with Crippen LogP contribution in [-0.2, 0) is 40.7 Å². The second-order valence-corrected chi connectivity index (χ2v) is 7.43. The van der Waals surface area contributed by atoms with Gasteiger partial charge in [-0.2, -0.15) is 0 Å². The summed E-state index contributed by atoms with van der Waals surface area (Å²) in [5.41, 5.74) is 0. The van der Waals surface area contributed by atoms with Gasteiger partial charge in [0.2, 0.25) is 0 Å². The van der Waals surface area contributed by atoms with E-state index in [0.717, 1.165) is 0 Å². The molecule has 0 aromatic rings. The Hall–Kier alpha value is 1.58. The molecule has 115 valence electrons. The Balaban J connectivity index is -0.0000000381. The first-order chi connectivity index (χ1) is 6.83. The molecule has 0 aliphatic carbocycles. The quantitative estimate of drug-likeness (QED) is 0.274. The van der Waals surface area contributed by atoms with E-state index in [9.17, 15) is 0 Å². The molecule has 0 saturated carbocycles. The van der Waals surface area contributed by atoms with Crippen LogP contribution in [0.5, 0.6) is 0 Å². The standard InChI is InChI=1S/2C3H8.Cu.2H3O3PS/c2*1-3-2;;2*1-4(2,3)5/h2*3H2,1-2H3;;2*(H3,1,2,3,5). The van der Waals surface area contributed by atoms with Gasteiger partial charge in [-0.15, -0.1) is 0 Å². The summed E-state index contributed by atoms with van der Waals surface area (Å²) in [7, 11) is 0. The summed E-state index contributed by atoms with van der Waals surface area (Å²) in [6, 6.07) is 0. The zero-order chi connectivity index (χ0) is 14.4. The van der Waals surface area contributed by atoms with Crippen LogP contribution < -0.4 is 0 Å². The Morgan fingerprint density at radius 3 is 0.647 bits per heavy atom. The number of hydrogen-bond donors (Lipinski definition) is 6. The fourth-order valence-corrected chi connectivity index (χ4v) is 0. The molecule has 6 nitrogen and oxygen atoms in total. The maximum atomic E-state index is 7.56. The van der Waals surface area contributed by atoms with Crippen LogP contribution in [0.2, 0.25) is 0 Å². The Kier molecular flexibility index (Phi) is 36.5. The van der Waals surface area contributed by atoms with Crippen LogP contribution in [-0.4, -0.2) is 29.4 Å². The van der Waals surface area contributed by atoms with Gasteiger partial charge in [-0.3, -0.25) is 0 Å². The van der Waals surface area contributed by atoms with E-state index in [-0.39, 0.29) is 17.1 Å². The van der Waals surface area contributed by atoms with Gasteiger partial charge in [-0.25, -0.2) is 0 Å². The summed E-state index contributed by atoms with van der Waals surface area (Å²) >= 11 is 7.21. The van der Waals surface area contributed by atoms with Crippen LogP contribution in [0.4, 0.5) is 0 Å². The van der Waals surface area contributed by atoms with E-state index >= 15 is 0 Å². The first-order valence-corrected chi connectivity index (χ1v) is 9.71. The van der Waals surface area contributed by atoms with Crippen molar-refractivity contribution in [2.45, 2.75) is 40.5 Å². The van der Waals surface area contributed by atoms with Gasteiger partial charge < -0.3 is 29.4 Å². The monoisotopic (exact) mass is 379 g/mol. The molecule has 0 bridgehead atoms. The van der Waals surface area contributed by atoms with Crippen LogP contribution in [0.25, 0.3) is 0 Å².